The van der Waals surface area contributed by atoms with Gasteiger partial charge >= 0.3 is 5.97 Å². The number of amidine groups is 1. The lowest BCUT2D eigenvalue weighted by atomic mass is 10.1. The molecule has 1 amide bonds. The lowest BCUT2D eigenvalue weighted by Gasteiger charge is -2.36. The molecule has 4 rings (SSSR count). The molecule has 0 bridgehead atoms. The van der Waals surface area contributed by atoms with Crippen molar-refractivity contribution in [1.29, 1.82) is 5.41 Å². The molecule has 2 aliphatic heterocycles. The van der Waals surface area contributed by atoms with Gasteiger partial charge in [-0.3, -0.25) is 15.0 Å². The van der Waals surface area contributed by atoms with E-state index in [0.29, 0.717) is 69.7 Å². The summed E-state index contributed by atoms with van der Waals surface area (Å²) in [5.41, 5.74) is 6.21. The van der Waals surface area contributed by atoms with Crippen molar-refractivity contribution in [3.63, 3.8) is 0 Å². The van der Waals surface area contributed by atoms with Crippen molar-refractivity contribution in [2.75, 3.05) is 62.3 Å². The molecule has 2 aromatic rings. The minimum atomic E-state index is -0.684. The second-order valence-corrected chi connectivity index (χ2v) is 8.26. The number of halogens is 1. The molecule has 0 atom stereocenters. The van der Waals surface area contributed by atoms with Crippen LogP contribution in [0.5, 0.6) is 0 Å². The van der Waals surface area contributed by atoms with Crippen molar-refractivity contribution in [3.8, 4) is 0 Å². The molecule has 12 heteroatoms. The molecule has 2 saturated heterocycles. The molecule has 1 aromatic carbocycles. The van der Waals surface area contributed by atoms with Crippen molar-refractivity contribution in [3.05, 3.63) is 47.5 Å². The van der Waals surface area contributed by atoms with E-state index in [1.54, 1.807) is 35.5 Å². The summed E-state index contributed by atoms with van der Waals surface area (Å²) >= 11 is 0. The van der Waals surface area contributed by atoms with E-state index in [2.05, 4.69) is 9.97 Å². The van der Waals surface area contributed by atoms with Crippen molar-refractivity contribution in [1.82, 2.24) is 14.9 Å². The maximum absolute atomic E-state index is 15.1. The molecule has 3 heterocycles. The average molecular weight is 486 g/mol. The first kappa shape index (κ1) is 24.3. The van der Waals surface area contributed by atoms with Crippen LogP contribution in [-0.2, 0) is 20.9 Å². The fraction of sp³-hybridized carbons (Fsp3) is 0.435. The number of carbonyl (C=O) groups is 2. The molecule has 0 radical (unpaired) electrons. The topological polar surface area (TPSA) is 138 Å². The van der Waals surface area contributed by atoms with Gasteiger partial charge in [-0.1, -0.05) is 12.1 Å². The number of hydrogen-bond donors (Lipinski definition) is 2. The van der Waals surface area contributed by atoms with Gasteiger partial charge in [-0.05, 0) is 6.07 Å². The smallest absolute Gasteiger partial charge is 0.313 e. The van der Waals surface area contributed by atoms with Gasteiger partial charge in [0, 0.05) is 57.2 Å². The zero-order valence-corrected chi connectivity index (χ0v) is 19.3. The van der Waals surface area contributed by atoms with Crippen LogP contribution >= 0.6 is 0 Å². The third kappa shape index (κ3) is 6.01. The van der Waals surface area contributed by atoms with Gasteiger partial charge in [-0.15, -0.1) is 0 Å². The van der Waals surface area contributed by atoms with E-state index in [9.17, 15) is 9.59 Å². The number of aromatic nitrogens is 2. The van der Waals surface area contributed by atoms with Crippen LogP contribution in [0.2, 0.25) is 0 Å². The lowest BCUT2D eigenvalue weighted by molar-refractivity contribution is -0.143. The SMILES string of the molecule is N=C(N)CC(=O)OCc1cccc(N2CCN(C(=O)c3cnc(N4CCOCC4)nc3)CC2)c1F. The van der Waals surface area contributed by atoms with Gasteiger partial charge in [-0.25, -0.2) is 14.4 Å². The van der Waals surface area contributed by atoms with Crippen LogP contribution in [0, 0.1) is 11.2 Å². The summed E-state index contributed by atoms with van der Waals surface area (Å²) in [6, 6.07) is 4.89. The Morgan fingerprint density at radius 3 is 2.40 bits per heavy atom. The average Bonchev–Trinajstić information content (AvgIpc) is 2.88. The zero-order chi connectivity index (χ0) is 24.8. The normalized spacial score (nSPS) is 16.2. The van der Waals surface area contributed by atoms with Crippen LogP contribution in [0.3, 0.4) is 0 Å². The molecule has 1 aromatic heterocycles. The molecular weight excluding hydrogens is 457 g/mol. The van der Waals surface area contributed by atoms with Crippen LogP contribution < -0.4 is 15.5 Å². The summed E-state index contributed by atoms with van der Waals surface area (Å²) in [7, 11) is 0. The number of rotatable bonds is 7. The Morgan fingerprint density at radius 1 is 1.06 bits per heavy atom. The number of hydrogen-bond acceptors (Lipinski definition) is 9. The number of piperazine rings is 1. The number of nitrogens with one attached hydrogen (secondary N) is 1. The summed E-state index contributed by atoms with van der Waals surface area (Å²) in [6.07, 6.45) is 2.75. The second-order valence-electron chi connectivity index (χ2n) is 8.26. The van der Waals surface area contributed by atoms with Crippen molar-refractivity contribution in [2.45, 2.75) is 13.0 Å². The number of benzene rings is 1. The van der Waals surface area contributed by atoms with Gasteiger partial charge < -0.3 is 29.9 Å². The van der Waals surface area contributed by atoms with Crippen molar-refractivity contribution >= 4 is 29.3 Å². The number of nitrogens with zero attached hydrogens (tertiary/aromatic N) is 5. The number of esters is 1. The Balaban J connectivity index is 1.33. The molecule has 0 aliphatic carbocycles. The fourth-order valence-corrected chi connectivity index (χ4v) is 3.98. The Bertz CT molecular complexity index is 1070. The zero-order valence-electron chi connectivity index (χ0n) is 19.3. The molecule has 0 unspecified atom stereocenters. The number of ether oxygens (including phenoxy) is 2. The summed E-state index contributed by atoms with van der Waals surface area (Å²) in [5.74, 6) is -1.05. The Kier molecular flexibility index (Phi) is 7.70. The number of morpholine rings is 1. The van der Waals surface area contributed by atoms with Gasteiger partial charge in [0.15, 0.2) is 5.82 Å². The summed E-state index contributed by atoms with van der Waals surface area (Å²) in [5, 5.41) is 7.13. The molecule has 0 spiro atoms. The number of amides is 1. The number of carbonyl (C=O) groups excluding carboxylic acids is 2. The van der Waals surface area contributed by atoms with E-state index >= 15 is 4.39 Å². The van der Waals surface area contributed by atoms with E-state index in [-0.39, 0.29) is 30.3 Å². The molecule has 11 nitrogen and oxygen atoms in total. The first-order valence-electron chi connectivity index (χ1n) is 11.4. The van der Waals surface area contributed by atoms with Gasteiger partial charge in [0.25, 0.3) is 5.91 Å². The second kappa shape index (κ2) is 11.1. The van der Waals surface area contributed by atoms with E-state index in [0.717, 1.165) is 0 Å². The third-order valence-corrected chi connectivity index (χ3v) is 5.87. The van der Waals surface area contributed by atoms with Gasteiger partial charge in [0.2, 0.25) is 5.95 Å². The molecule has 0 saturated carbocycles. The highest BCUT2D eigenvalue weighted by Crippen LogP contribution is 2.25. The van der Waals surface area contributed by atoms with Gasteiger partial charge in [0.05, 0.1) is 24.5 Å². The Labute approximate surface area is 202 Å². The van der Waals surface area contributed by atoms with Crippen LogP contribution in [0.1, 0.15) is 22.3 Å². The predicted molar refractivity (Wildman–Crippen MR) is 126 cm³/mol. The van der Waals surface area contributed by atoms with Gasteiger partial charge in [0.1, 0.15) is 18.9 Å². The van der Waals surface area contributed by atoms with Crippen molar-refractivity contribution < 1.29 is 23.5 Å². The highest BCUT2D eigenvalue weighted by atomic mass is 19.1. The summed E-state index contributed by atoms with van der Waals surface area (Å²) in [4.78, 5) is 38.8. The highest BCUT2D eigenvalue weighted by Gasteiger charge is 2.25. The molecule has 3 N–H and O–H groups in total. The lowest BCUT2D eigenvalue weighted by Crippen LogP contribution is -2.49. The van der Waals surface area contributed by atoms with Crippen LogP contribution in [0.15, 0.2) is 30.6 Å². The monoisotopic (exact) mass is 485 g/mol. The van der Waals surface area contributed by atoms with Crippen LogP contribution in [-0.4, -0.2) is 85.1 Å². The summed E-state index contributed by atoms with van der Waals surface area (Å²) < 4.78 is 25.4. The molecule has 35 heavy (non-hydrogen) atoms. The Hall–Kier alpha value is -3.80. The van der Waals surface area contributed by atoms with E-state index in [4.69, 9.17) is 20.6 Å². The molecule has 2 aliphatic rings. The standard InChI is InChI=1S/C23H28FN7O4/c24-21-16(15-35-20(32)12-19(25)26)2-1-3-18(21)29-4-6-30(7-5-29)22(33)17-13-27-23(28-14-17)31-8-10-34-11-9-31/h1-3,13-14H,4-12,15H2,(H3,25,26). The molecular formula is C23H28FN7O4. The largest absolute Gasteiger partial charge is 0.460 e. The van der Waals surface area contributed by atoms with Crippen LogP contribution in [0.25, 0.3) is 0 Å². The van der Waals surface area contributed by atoms with E-state index < -0.39 is 11.8 Å². The highest BCUT2D eigenvalue weighted by molar-refractivity contribution is 5.95. The maximum atomic E-state index is 15.1. The minimum absolute atomic E-state index is 0.162. The number of anilines is 2. The maximum Gasteiger partial charge on any atom is 0.313 e. The van der Waals surface area contributed by atoms with Crippen molar-refractivity contribution in [2.24, 2.45) is 5.73 Å². The number of nitrogens with two attached hydrogens (primary N) is 1. The predicted octanol–water partition coefficient (Wildman–Crippen LogP) is 0.784. The summed E-state index contributed by atoms with van der Waals surface area (Å²) in [6.45, 7) is 4.17. The van der Waals surface area contributed by atoms with Crippen LogP contribution in [0.4, 0.5) is 16.0 Å². The first-order chi connectivity index (χ1) is 16.9. The van der Waals surface area contributed by atoms with E-state index in [1.165, 1.54) is 0 Å². The molecule has 186 valence electrons. The first-order valence-corrected chi connectivity index (χ1v) is 11.4. The minimum Gasteiger partial charge on any atom is -0.460 e. The fourth-order valence-electron chi connectivity index (χ4n) is 3.98. The van der Waals surface area contributed by atoms with Gasteiger partial charge in [-0.2, -0.15) is 0 Å². The Morgan fingerprint density at radius 2 is 1.74 bits per heavy atom. The molecule has 2 fully saturated rings. The third-order valence-electron chi connectivity index (χ3n) is 5.87. The quantitative estimate of drug-likeness (QED) is 0.331. The van der Waals surface area contributed by atoms with E-state index in [1.807, 2.05) is 9.80 Å².